The highest BCUT2D eigenvalue weighted by Gasteiger charge is 2.37. The summed E-state index contributed by atoms with van der Waals surface area (Å²) in [6.07, 6.45) is 2.97. The Bertz CT molecular complexity index is 1540. The molecule has 2 saturated heterocycles. The summed E-state index contributed by atoms with van der Waals surface area (Å²) in [6, 6.07) is 28.2. The second-order valence-electron chi connectivity index (χ2n) is 9.70. The molecule has 2 atom stereocenters. The minimum absolute atomic E-state index is 0.451. The first-order valence-electron chi connectivity index (χ1n) is 12.5. The van der Waals surface area contributed by atoms with Gasteiger partial charge in [0.05, 0.1) is 11.3 Å². The van der Waals surface area contributed by atoms with Crippen LogP contribution in [0.5, 0.6) is 0 Å². The minimum atomic E-state index is 0.451. The fraction of sp³-hybridized carbons (Fsp3) is 0.207. The van der Waals surface area contributed by atoms with E-state index in [2.05, 4.69) is 56.2 Å². The summed E-state index contributed by atoms with van der Waals surface area (Å²) in [5, 5.41) is 3.58. The highest BCUT2D eigenvalue weighted by Crippen LogP contribution is 2.32. The van der Waals surface area contributed by atoms with Crippen LogP contribution in [-0.2, 0) is 6.54 Å². The maximum absolute atomic E-state index is 6.29. The van der Waals surface area contributed by atoms with E-state index in [0.29, 0.717) is 17.9 Å². The maximum Gasteiger partial charge on any atom is 0.165 e. The van der Waals surface area contributed by atoms with E-state index in [1.54, 1.807) is 6.20 Å². The molecule has 2 aliphatic heterocycles. The number of anilines is 1. The molecule has 2 aromatic carbocycles. The minimum Gasteiger partial charge on any atom is -0.383 e. The number of rotatable bonds is 5. The Kier molecular flexibility index (Phi) is 5.04. The number of piperazine rings is 1. The van der Waals surface area contributed by atoms with Crippen molar-refractivity contribution in [1.29, 1.82) is 0 Å². The van der Waals surface area contributed by atoms with Crippen LogP contribution < -0.4 is 11.1 Å². The van der Waals surface area contributed by atoms with Crippen LogP contribution in [0.15, 0.2) is 85.1 Å². The Labute approximate surface area is 209 Å². The van der Waals surface area contributed by atoms with Crippen LogP contribution in [0.25, 0.3) is 39.5 Å². The first-order valence-corrected chi connectivity index (χ1v) is 12.5. The lowest BCUT2D eigenvalue weighted by atomic mass is 10.1. The van der Waals surface area contributed by atoms with Crippen molar-refractivity contribution < 1.29 is 0 Å². The Balaban J connectivity index is 1.33. The van der Waals surface area contributed by atoms with Gasteiger partial charge in [0.1, 0.15) is 11.3 Å². The molecule has 7 heteroatoms. The first-order chi connectivity index (χ1) is 17.7. The molecule has 5 heterocycles. The molecule has 0 aliphatic carbocycles. The molecule has 2 fully saturated rings. The zero-order valence-electron chi connectivity index (χ0n) is 19.9. The standard InChI is InChI=1S/C29H27N7/c30-27-24(7-4-14-31-27)28-34-26-13-12-25(20-5-2-1-3-6-20)33-29(26)36(28)22-10-8-19(9-11-22)17-35-18-21-15-23(35)16-32-21/h1-14,21,23,32H,15-18H2,(H2,30,31)/t21-,23?/m0/s1. The third kappa shape index (κ3) is 3.64. The smallest absolute Gasteiger partial charge is 0.165 e. The van der Waals surface area contributed by atoms with Gasteiger partial charge >= 0.3 is 0 Å². The third-order valence-corrected chi connectivity index (χ3v) is 7.40. The third-order valence-electron chi connectivity index (χ3n) is 7.40. The van der Waals surface area contributed by atoms with Gasteiger partial charge < -0.3 is 11.1 Å². The average Bonchev–Trinajstić information content (AvgIpc) is 3.64. The normalized spacial score (nSPS) is 19.3. The Morgan fingerprint density at radius 2 is 1.78 bits per heavy atom. The topological polar surface area (TPSA) is 84.9 Å². The van der Waals surface area contributed by atoms with Crippen LogP contribution in [0.4, 0.5) is 5.82 Å². The van der Waals surface area contributed by atoms with Crippen molar-refractivity contribution in [2.45, 2.75) is 25.0 Å². The van der Waals surface area contributed by atoms with Crippen LogP contribution in [0, 0.1) is 0 Å². The lowest BCUT2D eigenvalue weighted by Crippen LogP contribution is -2.42. The van der Waals surface area contributed by atoms with E-state index in [-0.39, 0.29) is 0 Å². The highest BCUT2D eigenvalue weighted by molar-refractivity contribution is 5.84. The number of hydrogen-bond acceptors (Lipinski definition) is 6. The first kappa shape index (κ1) is 21.2. The number of likely N-dealkylation sites (tertiary alicyclic amines) is 1. The predicted octanol–water partition coefficient (Wildman–Crippen LogP) is 4.28. The lowest BCUT2D eigenvalue weighted by Gasteiger charge is -2.27. The van der Waals surface area contributed by atoms with Crippen molar-refractivity contribution in [3.05, 3.63) is 90.6 Å². The molecule has 7 rings (SSSR count). The molecule has 0 saturated carbocycles. The van der Waals surface area contributed by atoms with Crippen LogP contribution in [0.2, 0.25) is 0 Å². The number of nitrogens with one attached hydrogen (secondary N) is 1. The van der Waals surface area contributed by atoms with Crippen molar-refractivity contribution >= 4 is 17.0 Å². The largest absolute Gasteiger partial charge is 0.383 e. The van der Waals surface area contributed by atoms with E-state index in [1.807, 2.05) is 42.5 Å². The Morgan fingerprint density at radius 3 is 2.53 bits per heavy atom. The molecule has 2 aliphatic rings. The number of nitrogen functional groups attached to an aromatic ring is 1. The Morgan fingerprint density at radius 1 is 0.917 bits per heavy atom. The molecule has 7 nitrogen and oxygen atoms in total. The molecule has 3 aromatic heterocycles. The quantitative estimate of drug-likeness (QED) is 0.396. The van der Waals surface area contributed by atoms with Gasteiger partial charge in [0, 0.05) is 49.2 Å². The molecule has 3 N–H and O–H groups in total. The fourth-order valence-corrected chi connectivity index (χ4v) is 5.58. The summed E-state index contributed by atoms with van der Waals surface area (Å²) in [5.41, 5.74) is 13.0. The van der Waals surface area contributed by atoms with E-state index in [4.69, 9.17) is 15.7 Å². The van der Waals surface area contributed by atoms with E-state index in [1.165, 1.54) is 12.0 Å². The number of imidazole rings is 1. The van der Waals surface area contributed by atoms with Gasteiger partial charge in [0.15, 0.2) is 11.5 Å². The summed E-state index contributed by atoms with van der Waals surface area (Å²) in [7, 11) is 0. The predicted molar refractivity (Wildman–Crippen MR) is 143 cm³/mol. The molecule has 36 heavy (non-hydrogen) atoms. The number of pyridine rings is 2. The molecule has 0 amide bonds. The van der Waals surface area contributed by atoms with Gasteiger partial charge in [-0.25, -0.2) is 15.0 Å². The highest BCUT2D eigenvalue weighted by atomic mass is 15.3. The molecule has 1 unspecified atom stereocenters. The molecule has 2 bridgehead atoms. The maximum atomic E-state index is 6.29. The second-order valence-corrected chi connectivity index (χ2v) is 9.70. The lowest BCUT2D eigenvalue weighted by molar-refractivity contribution is 0.218. The SMILES string of the molecule is Nc1ncccc1-c1nc2ccc(-c3ccccc3)nc2n1-c1ccc(CN2C[C@@H]3CC2CN3)cc1. The van der Waals surface area contributed by atoms with Gasteiger partial charge in [-0.3, -0.25) is 9.47 Å². The second kappa shape index (κ2) is 8.55. The number of nitrogens with two attached hydrogens (primary N) is 1. The van der Waals surface area contributed by atoms with Crippen LogP contribution >= 0.6 is 0 Å². The van der Waals surface area contributed by atoms with Crippen LogP contribution in [0.3, 0.4) is 0 Å². The van der Waals surface area contributed by atoms with E-state index in [0.717, 1.165) is 59.1 Å². The molecule has 178 valence electrons. The number of nitrogens with zero attached hydrogens (tertiary/aromatic N) is 5. The summed E-state index contributed by atoms with van der Waals surface area (Å²) in [4.78, 5) is 16.9. The average molecular weight is 474 g/mol. The van der Waals surface area contributed by atoms with Crippen molar-refractivity contribution in [3.8, 4) is 28.3 Å². The summed E-state index contributed by atoms with van der Waals surface area (Å²) < 4.78 is 2.10. The monoisotopic (exact) mass is 473 g/mol. The van der Waals surface area contributed by atoms with Gasteiger partial charge in [0.25, 0.3) is 0 Å². The number of hydrogen-bond donors (Lipinski definition) is 2. The van der Waals surface area contributed by atoms with Gasteiger partial charge in [-0.05, 0) is 48.4 Å². The van der Waals surface area contributed by atoms with E-state index in [9.17, 15) is 0 Å². The van der Waals surface area contributed by atoms with Gasteiger partial charge in [-0.2, -0.15) is 0 Å². The van der Waals surface area contributed by atoms with Crippen molar-refractivity contribution in [2.24, 2.45) is 0 Å². The number of benzene rings is 2. The molecule has 0 radical (unpaired) electrons. The van der Waals surface area contributed by atoms with Gasteiger partial charge in [-0.15, -0.1) is 0 Å². The molecular formula is C29H27N7. The summed E-state index contributed by atoms with van der Waals surface area (Å²) in [6.45, 7) is 3.22. The van der Waals surface area contributed by atoms with Gasteiger partial charge in [0.2, 0.25) is 0 Å². The van der Waals surface area contributed by atoms with Crippen molar-refractivity contribution in [3.63, 3.8) is 0 Å². The van der Waals surface area contributed by atoms with Crippen LogP contribution in [-0.4, -0.2) is 49.6 Å². The Hall–Kier alpha value is -4.07. The van der Waals surface area contributed by atoms with Crippen molar-refractivity contribution in [1.82, 2.24) is 29.7 Å². The number of aromatic nitrogens is 4. The van der Waals surface area contributed by atoms with Crippen molar-refractivity contribution in [2.75, 3.05) is 18.8 Å². The fourth-order valence-electron chi connectivity index (χ4n) is 5.58. The summed E-state index contributed by atoms with van der Waals surface area (Å²) in [5.74, 6) is 1.19. The zero-order chi connectivity index (χ0) is 24.1. The number of fused-ring (bicyclic) bond motifs is 3. The molecule has 0 spiro atoms. The van der Waals surface area contributed by atoms with E-state index >= 15 is 0 Å². The molecular weight excluding hydrogens is 446 g/mol. The van der Waals surface area contributed by atoms with Gasteiger partial charge in [-0.1, -0.05) is 42.5 Å². The van der Waals surface area contributed by atoms with E-state index < -0.39 is 0 Å². The summed E-state index contributed by atoms with van der Waals surface area (Å²) >= 11 is 0. The molecule has 5 aromatic rings. The zero-order valence-corrected chi connectivity index (χ0v) is 19.9. The van der Waals surface area contributed by atoms with Crippen LogP contribution in [0.1, 0.15) is 12.0 Å².